The Bertz CT molecular complexity index is 903. The summed E-state index contributed by atoms with van der Waals surface area (Å²) in [7, 11) is 0. The first-order valence-corrected chi connectivity index (χ1v) is 26.9. The lowest BCUT2D eigenvalue weighted by Crippen LogP contribution is -2.30. The predicted octanol–water partition coefficient (Wildman–Crippen LogP) is 17.5. The fourth-order valence-electron chi connectivity index (χ4n) is 8.22. The van der Waals surface area contributed by atoms with Crippen molar-refractivity contribution >= 4 is 17.9 Å². The molecule has 0 heterocycles. The second-order valence-electron chi connectivity index (χ2n) is 19.0. The van der Waals surface area contributed by atoms with Gasteiger partial charge in [0.1, 0.15) is 13.2 Å². The van der Waals surface area contributed by atoms with Gasteiger partial charge in [-0.3, -0.25) is 14.4 Å². The molecule has 356 valence electrons. The van der Waals surface area contributed by atoms with Gasteiger partial charge < -0.3 is 14.2 Å². The Kier molecular flexibility index (Phi) is 47.2. The Labute approximate surface area is 374 Å². The number of carbonyl (C=O) groups is 3. The van der Waals surface area contributed by atoms with Gasteiger partial charge in [-0.1, -0.05) is 265 Å². The maximum Gasteiger partial charge on any atom is 0.306 e. The number of esters is 3. The molecule has 0 N–H and O–H groups in total. The molecule has 0 fully saturated rings. The first-order chi connectivity index (χ1) is 29.4. The number of carbonyl (C=O) groups excluding carboxylic acids is 3. The summed E-state index contributed by atoms with van der Waals surface area (Å²) in [6.45, 7) is 9.02. The predicted molar refractivity (Wildman–Crippen MR) is 257 cm³/mol. The number of hydrogen-bond acceptors (Lipinski definition) is 6. The summed E-state index contributed by atoms with van der Waals surface area (Å²) in [5.74, 6) is -0.0333. The van der Waals surface area contributed by atoms with Crippen molar-refractivity contribution in [2.75, 3.05) is 13.2 Å². The normalized spacial score (nSPS) is 11.9. The van der Waals surface area contributed by atoms with Crippen molar-refractivity contribution in [2.24, 2.45) is 5.92 Å². The zero-order chi connectivity index (χ0) is 43.8. The molecule has 0 radical (unpaired) electrons. The molecule has 60 heavy (non-hydrogen) atoms. The van der Waals surface area contributed by atoms with E-state index in [0.29, 0.717) is 19.3 Å². The molecular formula is C54H104O6. The summed E-state index contributed by atoms with van der Waals surface area (Å²) in [6, 6.07) is 0. The molecule has 0 unspecified atom stereocenters. The van der Waals surface area contributed by atoms with Gasteiger partial charge in [-0.25, -0.2) is 0 Å². The summed E-state index contributed by atoms with van der Waals surface area (Å²) < 4.78 is 16.8. The van der Waals surface area contributed by atoms with Gasteiger partial charge in [0.05, 0.1) is 0 Å². The van der Waals surface area contributed by atoms with E-state index in [2.05, 4.69) is 27.7 Å². The molecule has 6 heteroatoms. The summed E-state index contributed by atoms with van der Waals surface area (Å²) >= 11 is 0. The van der Waals surface area contributed by atoms with Crippen LogP contribution in [0.15, 0.2) is 0 Å². The van der Waals surface area contributed by atoms with Gasteiger partial charge in [0.15, 0.2) is 6.10 Å². The Morgan fingerprint density at radius 2 is 0.550 bits per heavy atom. The first kappa shape index (κ1) is 58.4. The third kappa shape index (κ3) is 47.5. The average molecular weight is 849 g/mol. The minimum atomic E-state index is -0.761. The molecule has 1 atom stereocenters. The maximum atomic E-state index is 12.8. The smallest absolute Gasteiger partial charge is 0.306 e. The van der Waals surface area contributed by atoms with Crippen molar-refractivity contribution in [1.29, 1.82) is 0 Å². The van der Waals surface area contributed by atoms with Crippen LogP contribution in [0.5, 0.6) is 0 Å². The van der Waals surface area contributed by atoms with Gasteiger partial charge in [0.2, 0.25) is 0 Å². The standard InChI is InChI=1S/C54H104O6/c1-5-7-9-11-13-15-17-19-21-23-25-29-33-37-41-45-52(55)58-48-51(49-59-53(56)46-42-38-34-31-27-28-32-36-40-44-50(3)4)60-54(57)47-43-39-35-30-26-24-22-20-18-16-14-12-10-8-6-2/h50-51H,5-49H2,1-4H3/t51-/m1/s1. The van der Waals surface area contributed by atoms with Crippen LogP contribution in [0.4, 0.5) is 0 Å². The molecule has 0 aromatic heterocycles. The molecule has 6 nitrogen and oxygen atoms in total. The molecule has 0 aliphatic carbocycles. The quantitative estimate of drug-likeness (QED) is 0.0345. The fraction of sp³-hybridized carbons (Fsp3) is 0.944. The number of hydrogen-bond donors (Lipinski definition) is 0. The topological polar surface area (TPSA) is 78.9 Å². The molecule has 0 amide bonds. The third-order valence-electron chi connectivity index (χ3n) is 12.3. The van der Waals surface area contributed by atoms with Gasteiger partial charge in [-0.05, 0) is 25.2 Å². The summed E-state index contributed by atoms with van der Waals surface area (Å²) in [4.78, 5) is 38.0. The monoisotopic (exact) mass is 849 g/mol. The van der Waals surface area contributed by atoms with Gasteiger partial charge in [0, 0.05) is 19.3 Å². The molecule has 0 aromatic carbocycles. The Morgan fingerprint density at radius 3 is 0.817 bits per heavy atom. The average Bonchev–Trinajstić information content (AvgIpc) is 3.23. The molecule has 0 saturated carbocycles. The van der Waals surface area contributed by atoms with E-state index in [1.54, 1.807) is 0 Å². The van der Waals surface area contributed by atoms with E-state index < -0.39 is 6.10 Å². The lowest BCUT2D eigenvalue weighted by molar-refractivity contribution is -0.167. The van der Waals surface area contributed by atoms with Crippen molar-refractivity contribution in [3.05, 3.63) is 0 Å². The molecule has 0 saturated heterocycles. The Balaban J connectivity index is 4.30. The van der Waals surface area contributed by atoms with Crippen LogP contribution in [-0.4, -0.2) is 37.2 Å². The van der Waals surface area contributed by atoms with Crippen molar-refractivity contribution in [3.8, 4) is 0 Å². The highest BCUT2D eigenvalue weighted by Crippen LogP contribution is 2.17. The van der Waals surface area contributed by atoms with Crippen LogP contribution in [0.25, 0.3) is 0 Å². The highest BCUT2D eigenvalue weighted by molar-refractivity contribution is 5.71. The second kappa shape index (κ2) is 48.4. The van der Waals surface area contributed by atoms with Crippen LogP contribution < -0.4 is 0 Å². The third-order valence-corrected chi connectivity index (χ3v) is 12.3. The Morgan fingerprint density at radius 1 is 0.317 bits per heavy atom. The van der Waals surface area contributed by atoms with E-state index in [0.717, 1.165) is 63.7 Å². The lowest BCUT2D eigenvalue weighted by atomic mass is 10.0. The van der Waals surface area contributed by atoms with Gasteiger partial charge in [0.25, 0.3) is 0 Å². The summed E-state index contributed by atoms with van der Waals surface area (Å²) in [6.07, 6.45) is 50.9. The van der Waals surface area contributed by atoms with Crippen LogP contribution >= 0.6 is 0 Å². The minimum absolute atomic E-state index is 0.0626. The van der Waals surface area contributed by atoms with Crippen molar-refractivity contribution in [1.82, 2.24) is 0 Å². The molecule has 0 aliphatic heterocycles. The zero-order valence-corrected chi connectivity index (χ0v) is 40.9. The van der Waals surface area contributed by atoms with E-state index >= 15 is 0 Å². The SMILES string of the molecule is CCCCCCCCCCCCCCCCCC(=O)OC[C@H](COC(=O)CCCCCCCCCCCC(C)C)OC(=O)CCCCCCCCCCCCCCCCC. The van der Waals surface area contributed by atoms with E-state index in [-0.39, 0.29) is 31.1 Å². The zero-order valence-electron chi connectivity index (χ0n) is 40.9. The molecule has 0 rings (SSSR count). The highest BCUT2D eigenvalue weighted by atomic mass is 16.6. The number of unbranched alkanes of at least 4 members (excludes halogenated alkanes) is 36. The van der Waals surface area contributed by atoms with Crippen LogP contribution in [0.1, 0.15) is 304 Å². The first-order valence-electron chi connectivity index (χ1n) is 26.9. The number of rotatable bonds is 49. The molecule has 0 aromatic rings. The molecule has 0 spiro atoms. The van der Waals surface area contributed by atoms with Crippen LogP contribution in [0.2, 0.25) is 0 Å². The van der Waals surface area contributed by atoms with Crippen molar-refractivity contribution < 1.29 is 28.6 Å². The van der Waals surface area contributed by atoms with Crippen molar-refractivity contribution in [3.63, 3.8) is 0 Å². The van der Waals surface area contributed by atoms with Gasteiger partial charge in [-0.2, -0.15) is 0 Å². The van der Waals surface area contributed by atoms with E-state index in [4.69, 9.17) is 14.2 Å². The van der Waals surface area contributed by atoms with Gasteiger partial charge in [-0.15, -0.1) is 0 Å². The molecule has 0 aliphatic rings. The molecule has 0 bridgehead atoms. The highest BCUT2D eigenvalue weighted by Gasteiger charge is 2.19. The van der Waals surface area contributed by atoms with Crippen LogP contribution in [0.3, 0.4) is 0 Å². The summed E-state index contributed by atoms with van der Waals surface area (Å²) in [5, 5.41) is 0. The van der Waals surface area contributed by atoms with Gasteiger partial charge >= 0.3 is 17.9 Å². The Hall–Kier alpha value is -1.59. The lowest BCUT2D eigenvalue weighted by Gasteiger charge is -2.18. The maximum absolute atomic E-state index is 12.8. The largest absolute Gasteiger partial charge is 0.462 e. The van der Waals surface area contributed by atoms with Crippen LogP contribution in [0, 0.1) is 5.92 Å². The minimum Gasteiger partial charge on any atom is -0.462 e. The van der Waals surface area contributed by atoms with Crippen LogP contribution in [-0.2, 0) is 28.6 Å². The fourth-order valence-corrected chi connectivity index (χ4v) is 8.22. The van der Waals surface area contributed by atoms with E-state index in [1.807, 2.05) is 0 Å². The number of ether oxygens (including phenoxy) is 3. The summed E-state index contributed by atoms with van der Waals surface area (Å²) in [5.41, 5.74) is 0. The van der Waals surface area contributed by atoms with Crippen molar-refractivity contribution in [2.45, 2.75) is 310 Å². The van der Waals surface area contributed by atoms with E-state index in [1.165, 1.54) is 199 Å². The second-order valence-corrected chi connectivity index (χ2v) is 19.0. The molecular weight excluding hydrogens is 745 g/mol. The van der Waals surface area contributed by atoms with E-state index in [9.17, 15) is 14.4 Å².